The van der Waals surface area contributed by atoms with Crippen LogP contribution in [0.3, 0.4) is 0 Å². The van der Waals surface area contributed by atoms with Crippen LogP contribution in [0.4, 0.5) is 0 Å². The molecule has 1 aliphatic rings. The van der Waals surface area contributed by atoms with Crippen LogP contribution in [0, 0.1) is 0 Å². The number of allylic oxidation sites excluding steroid dienone is 1. The number of fused-ring (bicyclic) bond motifs is 1. The number of benzene rings is 2. The first kappa shape index (κ1) is 22.3. The molecular formula is C23H18Cl2N2O4S. The fourth-order valence-electron chi connectivity index (χ4n) is 3.55. The predicted octanol–water partition coefficient (Wildman–Crippen LogP) is 3.72. The number of aromatic nitrogens is 1. The molecule has 0 aliphatic carbocycles. The number of thiazole rings is 1. The summed E-state index contributed by atoms with van der Waals surface area (Å²) in [6, 6.07) is 11.7. The molecule has 0 unspecified atom stereocenters. The van der Waals surface area contributed by atoms with Crippen LogP contribution >= 0.6 is 34.5 Å². The molecular weight excluding hydrogens is 471 g/mol. The molecule has 0 radical (unpaired) electrons. The van der Waals surface area contributed by atoms with Crippen LogP contribution in [0.2, 0.25) is 10.0 Å². The second kappa shape index (κ2) is 8.94. The number of carbonyl (C=O) groups is 1. The predicted molar refractivity (Wildman–Crippen MR) is 125 cm³/mol. The van der Waals surface area contributed by atoms with Crippen LogP contribution in [0.1, 0.15) is 24.1 Å². The van der Waals surface area contributed by atoms with Gasteiger partial charge in [0.1, 0.15) is 5.75 Å². The van der Waals surface area contributed by atoms with Crippen molar-refractivity contribution in [2.24, 2.45) is 4.99 Å². The maximum absolute atomic E-state index is 13.5. The largest absolute Gasteiger partial charge is 0.497 e. The van der Waals surface area contributed by atoms with Crippen LogP contribution in [-0.4, -0.2) is 24.8 Å². The summed E-state index contributed by atoms with van der Waals surface area (Å²) in [5.74, 6) is 0.131. The van der Waals surface area contributed by atoms with Crippen LogP contribution in [0.15, 0.2) is 63.5 Å². The molecule has 9 heteroatoms. The topological polar surface area (TPSA) is 69.9 Å². The molecule has 3 aromatic rings. The van der Waals surface area contributed by atoms with E-state index in [4.69, 9.17) is 32.7 Å². The molecule has 4 rings (SSSR count). The Balaban J connectivity index is 1.95. The Labute approximate surface area is 197 Å². The number of nitrogens with zero attached hydrogens (tertiary/aromatic N) is 2. The van der Waals surface area contributed by atoms with E-state index < -0.39 is 12.0 Å². The minimum Gasteiger partial charge on any atom is -0.497 e. The summed E-state index contributed by atoms with van der Waals surface area (Å²) in [6.07, 6.45) is 1.73. The van der Waals surface area contributed by atoms with Gasteiger partial charge < -0.3 is 9.47 Å². The Morgan fingerprint density at radius 2 is 1.84 bits per heavy atom. The third-order valence-corrected chi connectivity index (χ3v) is 6.82. The summed E-state index contributed by atoms with van der Waals surface area (Å²) < 4.78 is 12.2. The Morgan fingerprint density at radius 3 is 2.47 bits per heavy atom. The van der Waals surface area contributed by atoms with Crippen molar-refractivity contribution in [3.63, 3.8) is 0 Å². The number of hydrogen-bond acceptors (Lipinski definition) is 6. The molecule has 0 spiro atoms. The maximum Gasteiger partial charge on any atom is 0.338 e. The average molecular weight is 489 g/mol. The second-order valence-electron chi connectivity index (χ2n) is 7.02. The summed E-state index contributed by atoms with van der Waals surface area (Å²) in [4.78, 5) is 31.1. The van der Waals surface area contributed by atoms with Gasteiger partial charge in [-0.3, -0.25) is 9.36 Å². The van der Waals surface area contributed by atoms with Crippen LogP contribution in [0.25, 0.3) is 6.08 Å². The molecule has 2 heterocycles. The summed E-state index contributed by atoms with van der Waals surface area (Å²) in [5.41, 5.74) is 2.01. The second-order valence-corrected chi connectivity index (χ2v) is 8.84. The number of carbonyl (C=O) groups excluding carboxylic acids is 1. The van der Waals surface area contributed by atoms with Gasteiger partial charge in [-0.15, -0.1) is 0 Å². The third-order valence-electron chi connectivity index (χ3n) is 5.10. The number of hydrogen-bond donors (Lipinski definition) is 0. The van der Waals surface area contributed by atoms with Gasteiger partial charge in [-0.1, -0.05) is 52.7 Å². The van der Waals surface area contributed by atoms with Gasteiger partial charge >= 0.3 is 5.97 Å². The molecule has 0 saturated carbocycles. The molecule has 0 saturated heterocycles. The molecule has 1 atom stereocenters. The first-order valence-corrected chi connectivity index (χ1v) is 11.1. The van der Waals surface area contributed by atoms with E-state index in [1.54, 1.807) is 50.4 Å². The molecule has 2 aromatic carbocycles. The van der Waals surface area contributed by atoms with Gasteiger partial charge in [0, 0.05) is 0 Å². The molecule has 0 fully saturated rings. The van der Waals surface area contributed by atoms with E-state index in [0.29, 0.717) is 36.4 Å². The lowest BCUT2D eigenvalue weighted by Gasteiger charge is -2.24. The summed E-state index contributed by atoms with van der Waals surface area (Å²) >= 11 is 13.4. The number of esters is 1. The Kier molecular flexibility index (Phi) is 6.24. The van der Waals surface area contributed by atoms with Crippen molar-refractivity contribution in [3.05, 3.63) is 94.6 Å². The highest BCUT2D eigenvalue weighted by molar-refractivity contribution is 7.07. The molecule has 6 nitrogen and oxygen atoms in total. The SMILES string of the molecule is COC(=O)C1=C(C)N=c2s/c(=C/c3ccc(Cl)c(Cl)c3)c(=O)n2[C@H]1c1ccc(OC)cc1. The van der Waals surface area contributed by atoms with Gasteiger partial charge in [0.25, 0.3) is 5.56 Å². The normalized spacial score (nSPS) is 15.9. The lowest BCUT2D eigenvalue weighted by molar-refractivity contribution is -0.136. The quantitative estimate of drug-likeness (QED) is 0.524. The van der Waals surface area contributed by atoms with Gasteiger partial charge in [0.15, 0.2) is 4.80 Å². The van der Waals surface area contributed by atoms with E-state index in [9.17, 15) is 9.59 Å². The lowest BCUT2D eigenvalue weighted by Crippen LogP contribution is -2.39. The number of ether oxygens (including phenoxy) is 2. The zero-order chi connectivity index (χ0) is 23.0. The molecule has 164 valence electrons. The van der Waals surface area contributed by atoms with Crippen molar-refractivity contribution in [2.45, 2.75) is 13.0 Å². The van der Waals surface area contributed by atoms with Crippen molar-refractivity contribution in [1.82, 2.24) is 4.57 Å². The number of methoxy groups -OCH3 is 2. The summed E-state index contributed by atoms with van der Waals surface area (Å²) in [5, 5.41) is 0.830. The zero-order valence-corrected chi connectivity index (χ0v) is 19.7. The van der Waals surface area contributed by atoms with Gasteiger partial charge in [-0.25, -0.2) is 9.79 Å². The van der Waals surface area contributed by atoms with E-state index in [1.807, 2.05) is 12.1 Å². The smallest absolute Gasteiger partial charge is 0.338 e. The van der Waals surface area contributed by atoms with E-state index in [-0.39, 0.29) is 5.56 Å². The first-order valence-electron chi connectivity index (χ1n) is 9.54. The fraction of sp³-hybridized carbons (Fsp3) is 0.174. The van der Waals surface area contributed by atoms with Gasteiger partial charge in [-0.2, -0.15) is 0 Å². The van der Waals surface area contributed by atoms with E-state index in [1.165, 1.54) is 23.0 Å². The Bertz CT molecular complexity index is 1420. The minimum atomic E-state index is -0.680. The van der Waals surface area contributed by atoms with Crippen molar-refractivity contribution in [3.8, 4) is 5.75 Å². The third kappa shape index (κ3) is 3.99. The summed E-state index contributed by atoms with van der Waals surface area (Å²) in [7, 11) is 2.88. The fourth-order valence-corrected chi connectivity index (χ4v) is 4.90. The Morgan fingerprint density at radius 1 is 1.12 bits per heavy atom. The number of halogens is 2. The van der Waals surface area contributed by atoms with Crippen molar-refractivity contribution in [2.75, 3.05) is 14.2 Å². The van der Waals surface area contributed by atoms with Gasteiger partial charge in [0.2, 0.25) is 0 Å². The lowest BCUT2D eigenvalue weighted by atomic mass is 9.96. The zero-order valence-electron chi connectivity index (χ0n) is 17.4. The first-order chi connectivity index (χ1) is 15.3. The van der Waals surface area contributed by atoms with Crippen LogP contribution < -0.4 is 19.6 Å². The van der Waals surface area contributed by atoms with E-state index >= 15 is 0 Å². The molecule has 0 bridgehead atoms. The van der Waals surface area contributed by atoms with Gasteiger partial charge in [-0.05, 0) is 48.4 Å². The molecule has 32 heavy (non-hydrogen) atoms. The molecule has 0 N–H and O–H groups in total. The monoisotopic (exact) mass is 488 g/mol. The van der Waals surface area contributed by atoms with Crippen LogP contribution in [0.5, 0.6) is 5.75 Å². The molecule has 0 amide bonds. The minimum absolute atomic E-state index is 0.269. The standard InChI is InChI=1S/C23H18Cl2N2O4S/c1-12-19(22(29)31-3)20(14-5-7-15(30-2)8-6-14)27-21(28)18(32-23(27)26-12)11-13-4-9-16(24)17(25)10-13/h4-11,20H,1-3H3/b18-11+/t20-/m0/s1. The van der Waals surface area contributed by atoms with Crippen molar-refractivity contribution in [1.29, 1.82) is 0 Å². The Hall–Kier alpha value is -2.87. The van der Waals surface area contributed by atoms with Crippen molar-refractivity contribution < 1.29 is 14.3 Å². The van der Waals surface area contributed by atoms with E-state index in [2.05, 4.69) is 4.99 Å². The highest BCUT2D eigenvalue weighted by Crippen LogP contribution is 2.31. The highest BCUT2D eigenvalue weighted by atomic mass is 35.5. The maximum atomic E-state index is 13.5. The van der Waals surface area contributed by atoms with Gasteiger partial charge in [0.05, 0.1) is 46.1 Å². The van der Waals surface area contributed by atoms with E-state index in [0.717, 1.165) is 11.1 Å². The highest BCUT2D eigenvalue weighted by Gasteiger charge is 2.33. The van der Waals surface area contributed by atoms with Crippen molar-refractivity contribution >= 4 is 46.6 Å². The number of rotatable bonds is 4. The summed E-state index contributed by atoms with van der Waals surface area (Å²) in [6.45, 7) is 1.73. The molecule has 1 aromatic heterocycles. The molecule has 1 aliphatic heterocycles. The van der Waals surface area contributed by atoms with Crippen LogP contribution in [-0.2, 0) is 9.53 Å². The average Bonchev–Trinajstić information content (AvgIpc) is 3.09.